The minimum absolute atomic E-state index is 0.127. The highest BCUT2D eigenvalue weighted by molar-refractivity contribution is 7.21. The average Bonchev–Trinajstić information content (AvgIpc) is 2.76. The third kappa shape index (κ3) is 3.21. The second-order valence-electron chi connectivity index (χ2n) is 4.16. The van der Waals surface area contributed by atoms with Gasteiger partial charge in [-0.15, -0.1) is 11.3 Å². The molecular formula is C13H17N3O2S. The number of rotatable bonds is 6. The fourth-order valence-electron chi connectivity index (χ4n) is 1.77. The molecule has 5 nitrogen and oxygen atoms in total. The van der Waals surface area contributed by atoms with Gasteiger partial charge in [-0.05, 0) is 25.0 Å². The van der Waals surface area contributed by atoms with Crippen LogP contribution in [0.2, 0.25) is 0 Å². The number of methoxy groups -OCH3 is 1. The molecule has 0 aliphatic rings. The number of aromatic nitrogens is 1. The van der Waals surface area contributed by atoms with E-state index in [1.807, 2.05) is 12.1 Å². The van der Waals surface area contributed by atoms with Gasteiger partial charge in [-0.2, -0.15) is 0 Å². The number of unbranched alkanes of at least 4 members (excludes halogenated alkanes) is 1. The average molecular weight is 279 g/mol. The van der Waals surface area contributed by atoms with Crippen LogP contribution in [-0.4, -0.2) is 31.2 Å². The number of carbonyl (C=O) groups excluding carboxylic acids is 1. The molecule has 19 heavy (non-hydrogen) atoms. The Kier molecular flexibility index (Phi) is 4.70. The predicted octanol–water partition coefficient (Wildman–Crippen LogP) is 2.03. The van der Waals surface area contributed by atoms with Crippen molar-refractivity contribution in [3.8, 4) is 0 Å². The SMILES string of the molecule is COCCCCNC(=O)c1sc2ncccc2c1N. The number of ether oxygens (including phenoxy) is 1. The molecule has 0 fully saturated rings. The molecule has 0 radical (unpaired) electrons. The standard InChI is InChI=1S/C13H17N3O2S/c1-18-8-3-2-6-15-12(17)11-10(14)9-5-4-7-16-13(9)19-11/h4-5,7H,2-3,6,8,14H2,1H3,(H,15,17). The van der Waals surface area contributed by atoms with E-state index in [1.54, 1.807) is 13.3 Å². The molecule has 1 amide bonds. The molecule has 2 aromatic heterocycles. The van der Waals surface area contributed by atoms with Gasteiger partial charge in [0, 0.05) is 31.8 Å². The molecule has 2 aromatic rings. The number of carbonyl (C=O) groups is 1. The van der Waals surface area contributed by atoms with Gasteiger partial charge < -0.3 is 15.8 Å². The lowest BCUT2D eigenvalue weighted by molar-refractivity contribution is 0.0956. The van der Waals surface area contributed by atoms with Gasteiger partial charge in [-0.25, -0.2) is 4.98 Å². The number of nitrogens with two attached hydrogens (primary N) is 1. The summed E-state index contributed by atoms with van der Waals surface area (Å²) >= 11 is 1.33. The largest absolute Gasteiger partial charge is 0.397 e. The minimum Gasteiger partial charge on any atom is -0.397 e. The lowest BCUT2D eigenvalue weighted by atomic mass is 10.2. The monoisotopic (exact) mass is 279 g/mol. The first-order valence-corrected chi connectivity index (χ1v) is 6.96. The summed E-state index contributed by atoms with van der Waals surface area (Å²) < 4.78 is 4.95. The van der Waals surface area contributed by atoms with E-state index in [9.17, 15) is 4.79 Å². The Morgan fingerprint density at radius 3 is 3.11 bits per heavy atom. The Bertz CT molecular complexity index is 568. The molecule has 0 aliphatic heterocycles. The second kappa shape index (κ2) is 6.49. The van der Waals surface area contributed by atoms with Crippen LogP contribution in [0.4, 0.5) is 5.69 Å². The summed E-state index contributed by atoms with van der Waals surface area (Å²) in [5.74, 6) is -0.127. The fraction of sp³-hybridized carbons (Fsp3) is 0.385. The smallest absolute Gasteiger partial charge is 0.263 e. The molecule has 0 spiro atoms. The topological polar surface area (TPSA) is 77.2 Å². The molecule has 6 heteroatoms. The Hall–Kier alpha value is -1.66. The first-order valence-electron chi connectivity index (χ1n) is 6.14. The van der Waals surface area contributed by atoms with Crippen molar-refractivity contribution in [2.75, 3.05) is 26.0 Å². The number of amides is 1. The Labute approximate surface area is 115 Å². The van der Waals surface area contributed by atoms with Crippen molar-refractivity contribution in [2.24, 2.45) is 0 Å². The van der Waals surface area contributed by atoms with Crippen LogP contribution in [0.3, 0.4) is 0 Å². The van der Waals surface area contributed by atoms with Crippen LogP contribution in [0.15, 0.2) is 18.3 Å². The quantitative estimate of drug-likeness (QED) is 0.793. The number of nitrogen functional groups attached to an aromatic ring is 1. The van der Waals surface area contributed by atoms with Gasteiger partial charge in [-0.1, -0.05) is 0 Å². The molecule has 0 unspecified atom stereocenters. The van der Waals surface area contributed by atoms with Crippen LogP contribution in [0, 0.1) is 0 Å². The number of nitrogens with one attached hydrogen (secondary N) is 1. The van der Waals surface area contributed by atoms with Gasteiger partial charge >= 0.3 is 0 Å². The Morgan fingerprint density at radius 1 is 1.53 bits per heavy atom. The summed E-state index contributed by atoms with van der Waals surface area (Å²) in [6.07, 6.45) is 3.52. The molecular weight excluding hydrogens is 262 g/mol. The van der Waals surface area contributed by atoms with Crippen molar-refractivity contribution < 1.29 is 9.53 Å². The predicted molar refractivity (Wildman–Crippen MR) is 77.5 cm³/mol. The van der Waals surface area contributed by atoms with Crippen molar-refractivity contribution in [1.82, 2.24) is 10.3 Å². The van der Waals surface area contributed by atoms with Gasteiger partial charge in [0.05, 0.1) is 5.69 Å². The van der Waals surface area contributed by atoms with Gasteiger partial charge in [0.15, 0.2) is 0 Å². The van der Waals surface area contributed by atoms with Crippen molar-refractivity contribution in [3.05, 3.63) is 23.2 Å². The number of hydrogen-bond acceptors (Lipinski definition) is 5. The van der Waals surface area contributed by atoms with Crippen LogP contribution in [0.25, 0.3) is 10.2 Å². The Morgan fingerprint density at radius 2 is 2.37 bits per heavy atom. The van der Waals surface area contributed by atoms with Crippen molar-refractivity contribution in [3.63, 3.8) is 0 Å². The summed E-state index contributed by atoms with van der Waals surface area (Å²) in [5.41, 5.74) is 6.50. The summed E-state index contributed by atoms with van der Waals surface area (Å²) in [6, 6.07) is 3.70. The third-order valence-corrected chi connectivity index (χ3v) is 3.90. The number of nitrogens with zero attached hydrogens (tertiary/aromatic N) is 1. The zero-order valence-corrected chi connectivity index (χ0v) is 11.6. The highest BCUT2D eigenvalue weighted by atomic mass is 32.1. The molecule has 0 aromatic carbocycles. The van der Waals surface area contributed by atoms with Crippen molar-refractivity contribution in [2.45, 2.75) is 12.8 Å². The molecule has 0 aliphatic carbocycles. The van der Waals surface area contributed by atoms with Crippen LogP contribution >= 0.6 is 11.3 Å². The van der Waals surface area contributed by atoms with Crippen LogP contribution < -0.4 is 11.1 Å². The first-order chi connectivity index (χ1) is 9.24. The van der Waals surface area contributed by atoms with E-state index < -0.39 is 0 Å². The van der Waals surface area contributed by atoms with E-state index in [0.29, 0.717) is 23.7 Å². The maximum absolute atomic E-state index is 12.0. The summed E-state index contributed by atoms with van der Waals surface area (Å²) in [7, 11) is 1.67. The molecule has 102 valence electrons. The zero-order chi connectivity index (χ0) is 13.7. The maximum atomic E-state index is 12.0. The number of pyridine rings is 1. The van der Waals surface area contributed by atoms with E-state index in [1.165, 1.54) is 11.3 Å². The minimum atomic E-state index is -0.127. The number of anilines is 1. The molecule has 3 N–H and O–H groups in total. The highest BCUT2D eigenvalue weighted by Crippen LogP contribution is 2.31. The Balaban J connectivity index is 1.99. The lowest BCUT2D eigenvalue weighted by Crippen LogP contribution is -2.24. The van der Waals surface area contributed by atoms with Gasteiger partial charge in [0.25, 0.3) is 5.91 Å². The number of thiophene rings is 1. The van der Waals surface area contributed by atoms with E-state index in [4.69, 9.17) is 10.5 Å². The van der Waals surface area contributed by atoms with Crippen LogP contribution in [-0.2, 0) is 4.74 Å². The highest BCUT2D eigenvalue weighted by Gasteiger charge is 2.16. The fourth-order valence-corrected chi connectivity index (χ4v) is 2.75. The van der Waals surface area contributed by atoms with Gasteiger partial charge in [0.2, 0.25) is 0 Å². The van der Waals surface area contributed by atoms with Gasteiger partial charge in [0.1, 0.15) is 9.71 Å². The maximum Gasteiger partial charge on any atom is 0.263 e. The third-order valence-electron chi connectivity index (χ3n) is 2.77. The normalized spacial score (nSPS) is 10.8. The van der Waals surface area contributed by atoms with Gasteiger partial charge in [-0.3, -0.25) is 4.79 Å². The summed E-state index contributed by atoms with van der Waals surface area (Å²) in [5, 5.41) is 3.71. The number of fused-ring (bicyclic) bond motifs is 1. The zero-order valence-electron chi connectivity index (χ0n) is 10.8. The van der Waals surface area contributed by atoms with E-state index in [0.717, 1.165) is 23.1 Å². The molecule has 0 atom stereocenters. The van der Waals surface area contributed by atoms with Crippen LogP contribution in [0.5, 0.6) is 0 Å². The van der Waals surface area contributed by atoms with Crippen LogP contribution in [0.1, 0.15) is 22.5 Å². The lowest BCUT2D eigenvalue weighted by Gasteiger charge is -2.04. The van der Waals surface area contributed by atoms with E-state index in [-0.39, 0.29) is 5.91 Å². The molecule has 0 saturated carbocycles. The van der Waals surface area contributed by atoms with E-state index in [2.05, 4.69) is 10.3 Å². The summed E-state index contributed by atoms with van der Waals surface area (Å²) in [6.45, 7) is 1.34. The molecule has 0 saturated heterocycles. The molecule has 2 rings (SSSR count). The molecule has 2 heterocycles. The summed E-state index contributed by atoms with van der Waals surface area (Å²) in [4.78, 5) is 17.6. The van der Waals surface area contributed by atoms with E-state index >= 15 is 0 Å². The van der Waals surface area contributed by atoms with Crippen molar-refractivity contribution >= 4 is 33.1 Å². The number of hydrogen-bond donors (Lipinski definition) is 2. The molecule has 0 bridgehead atoms. The van der Waals surface area contributed by atoms with Crippen molar-refractivity contribution in [1.29, 1.82) is 0 Å². The first kappa shape index (κ1) is 13.8. The second-order valence-corrected chi connectivity index (χ2v) is 5.16.